The van der Waals surface area contributed by atoms with Crippen molar-refractivity contribution in [2.24, 2.45) is 0 Å². The molecule has 0 radical (unpaired) electrons. The molecule has 1 saturated heterocycles. The molecular weight excluding hydrogens is 496 g/mol. The SMILES string of the molecule is CO[C@H]1O[C@H](COP(=O)(O)O)[C@H](OP(=O)(O)O)[C@H](OP(=O)(O)O)[C@H]1OP(=O)(O)O. The van der Waals surface area contributed by atoms with Crippen molar-refractivity contribution in [3.8, 4) is 0 Å². The summed E-state index contributed by atoms with van der Waals surface area (Å²) in [5, 5.41) is 0. The lowest BCUT2D eigenvalue weighted by molar-refractivity contribution is -0.284. The maximum atomic E-state index is 11.3. The molecule has 0 aliphatic carbocycles. The van der Waals surface area contributed by atoms with Gasteiger partial charge >= 0.3 is 31.3 Å². The minimum Gasteiger partial charge on any atom is -0.353 e. The van der Waals surface area contributed by atoms with Gasteiger partial charge in [-0.2, -0.15) is 0 Å². The average Bonchev–Trinajstić information content (AvgIpc) is 2.44. The lowest BCUT2D eigenvalue weighted by Crippen LogP contribution is -2.61. The molecule has 1 heterocycles. The second kappa shape index (κ2) is 9.88. The first-order valence-corrected chi connectivity index (χ1v) is 13.0. The van der Waals surface area contributed by atoms with Gasteiger partial charge in [0.1, 0.15) is 24.4 Å². The normalized spacial score (nSPS) is 29.8. The number of methoxy groups -OCH3 is 1. The second-order valence-electron chi connectivity index (χ2n) is 5.25. The Morgan fingerprint density at radius 3 is 1.48 bits per heavy atom. The molecule has 0 bridgehead atoms. The smallest absolute Gasteiger partial charge is 0.353 e. The van der Waals surface area contributed by atoms with Gasteiger partial charge < -0.3 is 48.6 Å². The van der Waals surface area contributed by atoms with E-state index in [9.17, 15) is 18.3 Å². The second-order valence-corrected chi connectivity index (χ2v) is 10.1. The van der Waals surface area contributed by atoms with Gasteiger partial charge in [-0.1, -0.05) is 0 Å². The number of ether oxygens (including phenoxy) is 2. The molecule has 0 aromatic heterocycles. The van der Waals surface area contributed by atoms with Crippen LogP contribution in [0.2, 0.25) is 0 Å². The molecule has 29 heavy (non-hydrogen) atoms. The van der Waals surface area contributed by atoms with Crippen LogP contribution in [-0.4, -0.2) is 83.6 Å². The molecule has 22 heteroatoms. The Morgan fingerprint density at radius 1 is 0.690 bits per heavy atom. The van der Waals surface area contributed by atoms with Gasteiger partial charge in [0.25, 0.3) is 0 Å². The van der Waals surface area contributed by atoms with E-state index in [4.69, 9.17) is 48.6 Å². The minimum atomic E-state index is -5.53. The van der Waals surface area contributed by atoms with Crippen molar-refractivity contribution in [3.05, 3.63) is 0 Å². The first-order valence-electron chi connectivity index (χ1n) is 6.91. The molecule has 1 aliphatic heterocycles. The van der Waals surface area contributed by atoms with Crippen molar-refractivity contribution in [2.75, 3.05) is 13.7 Å². The van der Waals surface area contributed by atoms with Gasteiger partial charge in [-0.05, 0) is 0 Å². The van der Waals surface area contributed by atoms with Gasteiger partial charge in [0, 0.05) is 7.11 Å². The van der Waals surface area contributed by atoms with E-state index >= 15 is 0 Å². The Balaban J connectivity index is 3.41. The summed E-state index contributed by atoms with van der Waals surface area (Å²) in [6.45, 7) is -1.18. The molecule has 0 spiro atoms. The Bertz CT molecular complexity index is 728. The molecule has 0 aromatic carbocycles. The summed E-state index contributed by atoms with van der Waals surface area (Å²) in [5.74, 6) is 0. The Hall–Kier alpha value is 0.360. The fourth-order valence-corrected chi connectivity index (χ4v) is 4.22. The maximum Gasteiger partial charge on any atom is 0.470 e. The minimum absolute atomic E-state index is 0.875. The molecule has 5 atom stereocenters. The van der Waals surface area contributed by atoms with Crippen LogP contribution in [0.3, 0.4) is 0 Å². The van der Waals surface area contributed by atoms with Crippen LogP contribution in [-0.2, 0) is 45.8 Å². The predicted molar refractivity (Wildman–Crippen MR) is 84.4 cm³/mol. The Labute approximate surface area is 161 Å². The summed E-state index contributed by atoms with van der Waals surface area (Å²) < 4.78 is 71.4. The van der Waals surface area contributed by atoms with Gasteiger partial charge in [-0.25, -0.2) is 18.3 Å². The molecule has 0 aromatic rings. The summed E-state index contributed by atoms with van der Waals surface area (Å²) >= 11 is 0. The standard InChI is InChI=1S/C7H18O18P4/c1-20-7-6(25-29(17,18)19)5(24-28(14,15)16)4(23-27(11,12)13)3(22-7)2-21-26(8,9)10/h3-7H,2H2,1H3,(H2,8,9,10)(H2,11,12,13)(H2,14,15,16)(H2,17,18,19)/t3-,4+,5+,6-,7+/m1/s1. The van der Waals surface area contributed by atoms with Crippen LogP contribution >= 0.6 is 31.3 Å². The maximum absolute atomic E-state index is 11.3. The topological polar surface area (TPSA) is 285 Å². The highest BCUT2D eigenvalue weighted by atomic mass is 31.2. The van der Waals surface area contributed by atoms with E-state index in [0.717, 1.165) is 7.11 Å². The van der Waals surface area contributed by atoms with E-state index in [-0.39, 0.29) is 0 Å². The fraction of sp³-hybridized carbons (Fsp3) is 1.00. The van der Waals surface area contributed by atoms with E-state index in [2.05, 4.69) is 18.1 Å². The third kappa shape index (κ3) is 10.5. The highest BCUT2D eigenvalue weighted by Gasteiger charge is 2.54. The highest BCUT2D eigenvalue weighted by Crippen LogP contribution is 2.50. The number of phosphoric acid groups is 4. The van der Waals surface area contributed by atoms with Gasteiger partial charge in [0.05, 0.1) is 6.61 Å². The van der Waals surface area contributed by atoms with Gasteiger partial charge in [-0.15, -0.1) is 0 Å². The molecule has 8 N–H and O–H groups in total. The number of rotatable bonds is 10. The fourth-order valence-electron chi connectivity index (χ4n) is 2.21. The number of hydrogen-bond acceptors (Lipinski definition) is 10. The predicted octanol–water partition coefficient (Wildman–Crippen LogP) is -2.10. The molecule has 0 unspecified atom stereocenters. The summed E-state index contributed by atoms with van der Waals surface area (Å²) in [6.07, 6.45) is -10.8. The van der Waals surface area contributed by atoms with Gasteiger partial charge in [0.15, 0.2) is 6.29 Å². The van der Waals surface area contributed by atoms with E-state index in [1.165, 1.54) is 0 Å². The first kappa shape index (κ1) is 27.4. The van der Waals surface area contributed by atoms with Crippen LogP contribution in [0.5, 0.6) is 0 Å². The lowest BCUT2D eigenvalue weighted by Gasteiger charge is -2.44. The van der Waals surface area contributed by atoms with Crippen molar-refractivity contribution >= 4 is 31.3 Å². The van der Waals surface area contributed by atoms with Crippen LogP contribution in [0.15, 0.2) is 0 Å². The van der Waals surface area contributed by atoms with Crippen molar-refractivity contribution < 1.29 is 85.0 Å². The first-order chi connectivity index (χ1) is 12.8. The molecule has 18 nitrogen and oxygen atoms in total. The number of hydrogen-bond donors (Lipinski definition) is 8. The van der Waals surface area contributed by atoms with Gasteiger partial charge in [0.2, 0.25) is 0 Å². The third-order valence-corrected chi connectivity index (χ3v) is 5.05. The lowest BCUT2D eigenvalue weighted by atomic mass is 9.99. The van der Waals surface area contributed by atoms with E-state index in [1.807, 2.05) is 0 Å². The van der Waals surface area contributed by atoms with Gasteiger partial charge in [-0.3, -0.25) is 18.1 Å². The van der Waals surface area contributed by atoms with Crippen molar-refractivity contribution in [3.63, 3.8) is 0 Å². The summed E-state index contributed by atoms with van der Waals surface area (Å²) in [4.78, 5) is 71.7. The van der Waals surface area contributed by atoms with Crippen LogP contribution < -0.4 is 0 Å². The largest absolute Gasteiger partial charge is 0.470 e. The van der Waals surface area contributed by atoms with Crippen LogP contribution in [0.25, 0.3) is 0 Å². The number of phosphoric ester groups is 4. The van der Waals surface area contributed by atoms with Crippen LogP contribution in [0.1, 0.15) is 0 Å². The molecule has 0 amide bonds. The molecular formula is C7H18O18P4. The van der Waals surface area contributed by atoms with Crippen molar-refractivity contribution in [1.29, 1.82) is 0 Å². The molecule has 1 fully saturated rings. The summed E-state index contributed by atoms with van der Waals surface area (Å²) in [5.41, 5.74) is 0. The zero-order valence-electron chi connectivity index (χ0n) is 14.0. The van der Waals surface area contributed by atoms with Crippen molar-refractivity contribution in [1.82, 2.24) is 0 Å². The molecule has 174 valence electrons. The third-order valence-electron chi connectivity index (χ3n) is 3.01. The van der Waals surface area contributed by atoms with E-state index < -0.39 is 68.6 Å². The molecule has 1 aliphatic rings. The quantitative estimate of drug-likeness (QED) is 0.145. The average molecular weight is 514 g/mol. The van der Waals surface area contributed by atoms with Crippen LogP contribution in [0.4, 0.5) is 0 Å². The summed E-state index contributed by atoms with van der Waals surface area (Å²) in [6, 6.07) is 0. The Morgan fingerprint density at radius 2 is 1.10 bits per heavy atom. The van der Waals surface area contributed by atoms with E-state index in [0.29, 0.717) is 0 Å². The van der Waals surface area contributed by atoms with Crippen molar-refractivity contribution in [2.45, 2.75) is 30.7 Å². The summed E-state index contributed by atoms with van der Waals surface area (Å²) in [7, 11) is -20.7. The molecule has 1 rings (SSSR count). The Kier molecular flexibility index (Phi) is 9.33. The zero-order chi connectivity index (χ0) is 22.8. The zero-order valence-corrected chi connectivity index (χ0v) is 17.6. The monoisotopic (exact) mass is 514 g/mol. The van der Waals surface area contributed by atoms with E-state index in [1.54, 1.807) is 0 Å². The molecule has 0 saturated carbocycles. The highest BCUT2D eigenvalue weighted by molar-refractivity contribution is 7.47. The van der Waals surface area contributed by atoms with Crippen LogP contribution in [0, 0.1) is 0 Å².